The summed E-state index contributed by atoms with van der Waals surface area (Å²) in [6, 6.07) is 5.33. The second-order valence-electron chi connectivity index (χ2n) is 6.99. The van der Waals surface area contributed by atoms with Crippen molar-refractivity contribution in [3.63, 3.8) is 0 Å². The highest BCUT2D eigenvalue weighted by Crippen LogP contribution is 2.29. The maximum atomic E-state index is 12.1. The molecule has 28 heavy (non-hydrogen) atoms. The number of nitrogen functional groups attached to an aromatic ring is 1. The van der Waals surface area contributed by atoms with Crippen LogP contribution in [0.25, 0.3) is 22.0 Å². The number of aryl methyl sites for hydroxylation is 1. The molecule has 1 aliphatic carbocycles. The van der Waals surface area contributed by atoms with Crippen molar-refractivity contribution in [2.75, 3.05) is 11.1 Å². The first-order valence-corrected chi connectivity index (χ1v) is 9.28. The summed E-state index contributed by atoms with van der Waals surface area (Å²) < 4.78 is 0. The molecule has 0 saturated heterocycles. The van der Waals surface area contributed by atoms with Crippen LogP contribution in [0.15, 0.2) is 36.8 Å². The highest BCUT2D eigenvalue weighted by Gasteiger charge is 2.28. The van der Waals surface area contributed by atoms with Crippen LogP contribution in [0.3, 0.4) is 0 Å². The average Bonchev–Trinajstić information content (AvgIpc) is 2.66. The number of carbonyl (C=O) groups is 1. The number of rotatable bonds is 4. The average molecular weight is 378 g/mol. The number of amides is 2. The van der Waals surface area contributed by atoms with Gasteiger partial charge in [0, 0.05) is 35.6 Å². The highest BCUT2D eigenvalue weighted by atomic mass is 16.3. The predicted molar refractivity (Wildman–Crippen MR) is 108 cm³/mol. The van der Waals surface area contributed by atoms with Gasteiger partial charge in [0.15, 0.2) is 0 Å². The lowest BCUT2D eigenvalue weighted by Crippen LogP contribution is -2.48. The molecule has 1 fully saturated rings. The number of fused-ring (bicyclic) bond motifs is 1. The Balaban J connectivity index is 1.62. The number of hydrogen-bond acceptors (Lipinski definition) is 6. The zero-order valence-electron chi connectivity index (χ0n) is 15.5. The predicted octanol–water partition coefficient (Wildman–Crippen LogP) is 2.48. The number of urea groups is 1. The van der Waals surface area contributed by atoms with Crippen molar-refractivity contribution in [2.45, 2.75) is 38.3 Å². The molecule has 1 aliphatic rings. The first kappa shape index (κ1) is 18.1. The van der Waals surface area contributed by atoms with Gasteiger partial charge in [-0.15, -0.1) is 0 Å². The summed E-state index contributed by atoms with van der Waals surface area (Å²) in [5, 5.41) is 16.4. The monoisotopic (exact) mass is 378 g/mol. The van der Waals surface area contributed by atoms with E-state index in [4.69, 9.17) is 5.73 Å². The van der Waals surface area contributed by atoms with E-state index >= 15 is 0 Å². The largest absolute Gasteiger partial charge is 0.393 e. The molecule has 0 atom stereocenters. The maximum absolute atomic E-state index is 12.1. The standard InChI is InChI=1S/C20H22N6O2/c1-2-11-3-4-22-9-15(11)17-5-12-6-18(23-10-16(12)19(21)25-17)26-20(28)24-13-7-14(27)8-13/h3-6,9-10,13-14,27H,2,7-8H2,1H3,(H2,21,25)(H2,23,24,26,28)/t13-,14+. The van der Waals surface area contributed by atoms with Gasteiger partial charge in [-0.25, -0.2) is 14.8 Å². The first-order chi connectivity index (χ1) is 13.5. The van der Waals surface area contributed by atoms with E-state index in [1.54, 1.807) is 24.7 Å². The van der Waals surface area contributed by atoms with Gasteiger partial charge in [0.05, 0.1) is 11.8 Å². The summed E-state index contributed by atoms with van der Waals surface area (Å²) >= 11 is 0. The zero-order valence-corrected chi connectivity index (χ0v) is 15.5. The van der Waals surface area contributed by atoms with Gasteiger partial charge in [-0.05, 0) is 48.4 Å². The van der Waals surface area contributed by atoms with Crippen molar-refractivity contribution in [3.05, 3.63) is 42.4 Å². The van der Waals surface area contributed by atoms with Gasteiger partial charge in [0.25, 0.3) is 0 Å². The lowest BCUT2D eigenvalue weighted by Gasteiger charge is -2.31. The minimum Gasteiger partial charge on any atom is -0.393 e. The van der Waals surface area contributed by atoms with Crippen LogP contribution in [-0.4, -0.2) is 38.2 Å². The van der Waals surface area contributed by atoms with Gasteiger partial charge in [0.2, 0.25) is 0 Å². The quantitative estimate of drug-likeness (QED) is 0.552. The Morgan fingerprint density at radius 1 is 1.32 bits per heavy atom. The molecule has 0 radical (unpaired) electrons. The van der Waals surface area contributed by atoms with E-state index in [1.165, 1.54) is 0 Å². The molecule has 1 saturated carbocycles. The van der Waals surface area contributed by atoms with Crippen LogP contribution in [0, 0.1) is 0 Å². The van der Waals surface area contributed by atoms with Crippen molar-refractivity contribution in [3.8, 4) is 11.3 Å². The van der Waals surface area contributed by atoms with Crippen LogP contribution in [0.2, 0.25) is 0 Å². The fraction of sp³-hybridized carbons (Fsp3) is 0.300. The van der Waals surface area contributed by atoms with E-state index < -0.39 is 0 Å². The number of aliphatic hydroxyl groups excluding tert-OH is 1. The van der Waals surface area contributed by atoms with Crippen LogP contribution in [0.5, 0.6) is 0 Å². The van der Waals surface area contributed by atoms with Crippen molar-refractivity contribution < 1.29 is 9.90 Å². The van der Waals surface area contributed by atoms with E-state index in [9.17, 15) is 9.90 Å². The second kappa shape index (κ2) is 7.40. The molecular formula is C20H22N6O2. The van der Waals surface area contributed by atoms with Crippen molar-refractivity contribution in [1.82, 2.24) is 20.3 Å². The smallest absolute Gasteiger partial charge is 0.320 e. The summed E-state index contributed by atoms with van der Waals surface area (Å²) in [6.07, 6.45) is 6.85. The van der Waals surface area contributed by atoms with Crippen LogP contribution < -0.4 is 16.4 Å². The number of anilines is 2. The molecular weight excluding hydrogens is 356 g/mol. The first-order valence-electron chi connectivity index (χ1n) is 9.28. The Hall–Kier alpha value is -3.26. The van der Waals surface area contributed by atoms with Crippen molar-refractivity contribution >= 4 is 28.4 Å². The fourth-order valence-electron chi connectivity index (χ4n) is 3.39. The van der Waals surface area contributed by atoms with Crippen LogP contribution >= 0.6 is 0 Å². The zero-order chi connectivity index (χ0) is 19.7. The molecule has 3 heterocycles. The minimum atomic E-state index is -0.341. The van der Waals surface area contributed by atoms with E-state index in [0.717, 1.165) is 34.0 Å². The number of nitrogens with two attached hydrogens (primary N) is 1. The maximum Gasteiger partial charge on any atom is 0.320 e. The van der Waals surface area contributed by atoms with Gasteiger partial charge in [-0.1, -0.05) is 6.92 Å². The minimum absolute atomic E-state index is 0.0000473. The number of pyridine rings is 3. The number of carbonyl (C=O) groups excluding carboxylic acids is 1. The van der Waals surface area contributed by atoms with E-state index in [2.05, 4.69) is 32.5 Å². The topological polar surface area (TPSA) is 126 Å². The third kappa shape index (κ3) is 3.59. The number of aliphatic hydroxyl groups is 1. The third-order valence-corrected chi connectivity index (χ3v) is 5.00. The molecule has 3 aromatic heterocycles. The molecule has 4 rings (SSSR count). The molecule has 3 aromatic rings. The van der Waals surface area contributed by atoms with Gasteiger partial charge in [0.1, 0.15) is 11.6 Å². The molecule has 5 N–H and O–H groups in total. The van der Waals surface area contributed by atoms with E-state index in [-0.39, 0.29) is 18.2 Å². The highest BCUT2D eigenvalue weighted by molar-refractivity contribution is 5.97. The van der Waals surface area contributed by atoms with Gasteiger partial charge in [-0.3, -0.25) is 10.3 Å². The molecule has 0 unspecified atom stereocenters. The van der Waals surface area contributed by atoms with Crippen molar-refractivity contribution in [1.29, 1.82) is 0 Å². The van der Waals surface area contributed by atoms with Gasteiger partial charge in [-0.2, -0.15) is 0 Å². The Morgan fingerprint density at radius 2 is 2.14 bits per heavy atom. The van der Waals surface area contributed by atoms with E-state index in [0.29, 0.717) is 24.5 Å². The summed E-state index contributed by atoms with van der Waals surface area (Å²) in [7, 11) is 0. The van der Waals surface area contributed by atoms with Crippen LogP contribution in [-0.2, 0) is 6.42 Å². The number of hydrogen-bond donors (Lipinski definition) is 4. The molecule has 2 amide bonds. The van der Waals surface area contributed by atoms with Crippen LogP contribution in [0.4, 0.5) is 16.4 Å². The summed E-state index contributed by atoms with van der Waals surface area (Å²) in [6.45, 7) is 2.08. The van der Waals surface area contributed by atoms with Gasteiger partial charge >= 0.3 is 6.03 Å². The Bertz CT molecular complexity index is 1030. The Morgan fingerprint density at radius 3 is 2.89 bits per heavy atom. The molecule has 0 aliphatic heterocycles. The third-order valence-electron chi connectivity index (χ3n) is 5.00. The Labute approximate surface area is 162 Å². The molecule has 8 nitrogen and oxygen atoms in total. The molecule has 0 aromatic carbocycles. The summed E-state index contributed by atoms with van der Waals surface area (Å²) in [4.78, 5) is 25.1. The number of nitrogens with one attached hydrogen (secondary N) is 2. The van der Waals surface area contributed by atoms with Crippen LogP contribution in [0.1, 0.15) is 25.3 Å². The van der Waals surface area contributed by atoms with E-state index in [1.807, 2.05) is 12.1 Å². The lowest BCUT2D eigenvalue weighted by atomic mass is 9.90. The molecule has 8 heteroatoms. The van der Waals surface area contributed by atoms with Gasteiger partial charge < -0.3 is 16.2 Å². The Kier molecular flexibility index (Phi) is 4.79. The lowest BCUT2D eigenvalue weighted by molar-refractivity contribution is 0.0671. The number of aromatic nitrogens is 3. The molecule has 0 spiro atoms. The fourth-order valence-corrected chi connectivity index (χ4v) is 3.39. The summed E-state index contributed by atoms with van der Waals surface area (Å²) in [5.74, 6) is 0.800. The summed E-state index contributed by atoms with van der Waals surface area (Å²) in [5.41, 5.74) is 8.95. The second-order valence-corrected chi connectivity index (χ2v) is 6.99. The number of nitrogens with zero attached hydrogens (tertiary/aromatic N) is 3. The molecule has 0 bridgehead atoms. The normalized spacial score (nSPS) is 18.5. The SMILES string of the molecule is CCc1ccncc1-c1cc2cc(NC(=O)N[C@H]3C[C@@H](O)C3)ncc2c(N)n1. The van der Waals surface area contributed by atoms with Crippen molar-refractivity contribution in [2.24, 2.45) is 0 Å². The molecule has 144 valence electrons.